The molecular formula is C20H23ClN2O3. The molecule has 0 radical (unpaired) electrons. The maximum Gasteiger partial charge on any atom is 0.263 e. The average molecular weight is 375 g/mol. The Kier molecular flexibility index (Phi) is 5.89. The van der Waals surface area contributed by atoms with E-state index < -0.39 is 6.10 Å². The number of hydrogen-bond acceptors (Lipinski definition) is 4. The highest BCUT2D eigenvalue weighted by Gasteiger charge is 2.27. The van der Waals surface area contributed by atoms with Gasteiger partial charge in [0.25, 0.3) is 5.91 Å². The fourth-order valence-corrected chi connectivity index (χ4v) is 3.28. The van der Waals surface area contributed by atoms with Crippen LogP contribution in [-0.4, -0.2) is 50.2 Å². The predicted octanol–water partition coefficient (Wildman–Crippen LogP) is 3.46. The lowest BCUT2D eigenvalue weighted by atomic mass is 10.2. The zero-order chi connectivity index (χ0) is 18.5. The topological polar surface area (TPSA) is 42.0 Å². The number of carbonyl (C=O) groups excluding carboxylic acids is 1. The first kappa shape index (κ1) is 18.4. The number of amides is 1. The Morgan fingerprint density at radius 2 is 1.62 bits per heavy atom. The SMILES string of the molecule is COc1ccccc1N1CCN(C(=O)C(C)Oc2ccccc2Cl)CC1. The van der Waals surface area contributed by atoms with Crippen LogP contribution in [0.1, 0.15) is 6.92 Å². The minimum Gasteiger partial charge on any atom is -0.495 e. The van der Waals surface area contributed by atoms with Gasteiger partial charge in [-0.3, -0.25) is 4.79 Å². The van der Waals surface area contributed by atoms with Crippen LogP contribution < -0.4 is 14.4 Å². The van der Waals surface area contributed by atoms with Gasteiger partial charge in [0.05, 0.1) is 17.8 Å². The summed E-state index contributed by atoms with van der Waals surface area (Å²) >= 11 is 6.11. The van der Waals surface area contributed by atoms with Crippen LogP contribution in [0.15, 0.2) is 48.5 Å². The van der Waals surface area contributed by atoms with Crippen LogP contribution in [0.25, 0.3) is 0 Å². The molecule has 0 aromatic heterocycles. The Labute approximate surface area is 159 Å². The van der Waals surface area contributed by atoms with Crippen molar-refractivity contribution in [3.05, 3.63) is 53.6 Å². The third kappa shape index (κ3) is 4.05. The van der Waals surface area contributed by atoms with Crippen molar-refractivity contribution >= 4 is 23.2 Å². The highest BCUT2D eigenvalue weighted by atomic mass is 35.5. The molecule has 1 saturated heterocycles. The molecule has 0 bridgehead atoms. The summed E-state index contributed by atoms with van der Waals surface area (Å²) in [5.41, 5.74) is 1.06. The molecule has 2 aromatic rings. The predicted molar refractivity (Wildman–Crippen MR) is 103 cm³/mol. The van der Waals surface area contributed by atoms with E-state index >= 15 is 0 Å². The Hall–Kier alpha value is -2.40. The molecule has 26 heavy (non-hydrogen) atoms. The van der Waals surface area contributed by atoms with Crippen LogP contribution in [0.2, 0.25) is 5.02 Å². The van der Waals surface area contributed by atoms with Crippen molar-refractivity contribution in [2.45, 2.75) is 13.0 Å². The van der Waals surface area contributed by atoms with E-state index in [2.05, 4.69) is 4.90 Å². The number of rotatable bonds is 5. The molecule has 1 heterocycles. The largest absolute Gasteiger partial charge is 0.495 e. The second-order valence-electron chi connectivity index (χ2n) is 6.17. The highest BCUT2D eigenvalue weighted by Crippen LogP contribution is 2.29. The van der Waals surface area contributed by atoms with E-state index in [0.29, 0.717) is 23.9 Å². The Balaban J connectivity index is 1.59. The molecule has 0 spiro atoms. The second-order valence-corrected chi connectivity index (χ2v) is 6.58. The summed E-state index contributed by atoms with van der Waals surface area (Å²) in [6.07, 6.45) is -0.576. The van der Waals surface area contributed by atoms with Crippen LogP contribution >= 0.6 is 11.6 Å². The molecule has 1 aliphatic rings. The third-order valence-electron chi connectivity index (χ3n) is 4.51. The van der Waals surface area contributed by atoms with Crippen LogP contribution in [0.4, 0.5) is 5.69 Å². The van der Waals surface area contributed by atoms with Crippen molar-refractivity contribution in [2.75, 3.05) is 38.2 Å². The summed E-state index contributed by atoms with van der Waals surface area (Å²) in [4.78, 5) is 16.8. The van der Waals surface area contributed by atoms with Gasteiger partial charge in [-0.1, -0.05) is 35.9 Å². The number of piperazine rings is 1. The quantitative estimate of drug-likeness (QED) is 0.803. The molecule has 1 unspecified atom stereocenters. The van der Waals surface area contributed by atoms with Crippen LogP contribution in [0, 0.1) is 0 Å². The van der Waals surface area contributed by atoms with E-state index in [4.69, 9.17) is 21.1 Å². The molecule has 1 amide bonds. The molecule has 0 N–H and O–H groups in total. The summed E-state index contributed by atoms with van der Waals surface area (Å²) in [7, 11) is 1.67. The lowest BCUT2D eigenvalue weighted by molar-refractivity contribution is -0.138. The fourth-order valence-electron chi connectivity index (χ4n) is 3.10. The number of halogens is 1. The van der Waals surface area contributed by atoms with E-state index in [1.165, 1.54) is 0 Å². The van der Waals surface area contributed by atoms with Gasteiger partial charge in [-0.05, 0) is 31.2 Å². The van der Waals surface area contributed by atoms with E-state index in [1.54, 1.807) is 26.2 Å². The first-order valence-electron chi connectivity index (χ1n) is 8.68. The number of ether oxygens (including phenoxy) is 2. The van der Waals surface area contributed by atoms with Crippen LogP contribution in [0.5, 0.6) is 11.5 Å². The zero-order valence-corrected chi connectivity index (χ0v) is 15.8. The number of nitrogens with zero attached hydrogens (tertiary/aromatic N) is 2. The van der Waals surface area contributed by atoms with Gasteiger partial charge >= 0.3 is 0 Å². The molecule has 5 nitrogen and oxygen atoms in total. The van der Waals surface area contributed by atoms with Gasteiger partial charge in [0.1, 0.15) is 11.5 Å². The first-order chi connectivity index (χ1) is 12.6. The number of hydrogen-bond donors (Lipinski definition) is 0. The van der Waals surface area contributed by atoms with Crippen molar-refractivity contribution in [3.63, 3.8) is 0 Å². The molecule has 0 saturated carbocycles. The zero-order valence-electron chi connectivity index (χ0n) is 15.0. The highest BCUT2D eigenvalue weighted by molar-refractivity contribution is 6.32. The average Bonchev–Trinajstić information content (AvgIpc) is 2.69. The Morgan fingerprint density at radius 1 is 1.00 bits per heavy atom. The molecule has 0 aliphatic carbocycles. The summed E-state index contributed by atoms with van der Waals surface area (Å²) in [6.45, 7) is 4.56. The van der Waals surface area contributed by atoms with E-state index in [1.807, 2.05) is 41.3 Å². The lowest BCUT2D eigenvalue weighted by Gasteiger charge is -2.37. The number of carbonyl (C=O) groups is 1. The van der Waals surface area contributed by atoms with Crippen LogP contribution in [0.3, 0.4) is 0 Å². The monoisotopic (exact) mass is 374 g/mol. The number of anilines is 1. The van der Waals surface area contributed by atoms with Crippen molar-refractivity contribution < 1.29 is 14.3 Å². The van der Waals surface area contributed by atoms with E-state index in [9.17, 15) is 4.79 Å². The number of methoxy groups -OCH3 is 1. The van der Waals surface area contributed by atoms with Crippen LogP contribution in [-0.2, 0) is 4.79 Å². The second kappa shape index (κ2) is 8.32. The van der Waals surface area contributed by atoms with Gasteiger partial charge in [0.2, 0.25) is 0 Å². The number of benzene rings is 2. The lowest BCUT2D eigenvalue weighted by Crippen LogP contribution is -2.52. The van der Waals surface area contributed by atoms with Gasteiger partial charge in [-0.15, -0.1) is 0 Å². The Bertz CT molecular complexity index is 760. The standard InChI is InChI=1S/C20H23ClN2O3/c1-15(26-18-9-5-3-7-16(18)21)20(24)23-13-11-22(12-14-23)17-8-4-6-10-19(17)25-2/h3-10,15H,11-14H2,1-2H3. The molecule has 1 aliphatic heterocycles. The third-order valence-corrected chi connectivity index (χ3v) is 4.82. The van der Waals surface area contributed by atoms with Gasteiger partial charge in [0, 0.05) is 26.2 Å². The van der Waals surface area contributed by atoms with Gasteiger partial charge in [-0.2, -0.15) is 0 Å². The summed E-state index contributed by atoms with van der Waals surface area (Å²) in [5, 5.41) is 0.508. The Morgan fingerprint density at radius 3 is 2.27 bits per heavy atom. The normalized spacial score (nSPS) is 15.5. The molecule has 1 atom stereocenters. The minimum absolute atomic E-state index is 0.0235. The molecule has 1 fully saturated rings. The first-order valence-corrected chi connectivity index (χ1v) is 9.06. The molecule has 2 aromatic carbocycles. The van der Waals surface area contributed by atoms with Crippen molar-refractivity contribution in [3.8, 4) is 11.5 Å². The van der Waals surface area contributed by atoms with Crippen molar-refractivity contribution in [2.24, 2.45) is 0 Å². The van der Waals surface area contributed by atoms with Gasteiger partial charge < -0.3 is 19.3 Å². The molecule has 6 heteroatoms. The molecule has 138 valence electrons. The molecule has 3 rings (SSSR count). The minimum atomic E-state index is -0.576. The summed E-state index contributed by atoms with van der Waals surface area (Å²) < 4.78 is 11.2. The maximum atomic E-state index is 12.7. The van der Waals surface area contributed by atoms with Crippen molar-refractivity contribution in [1.82, 2.24) is 4.90 Å². The maximum absolute atomic E-state index is 12.7. The van der Waals surface area contributed by atoms with Gasteiger partial charge in [0.15, 0.2) is 6.10 Å². The van der Waals surface area contributed by atoms with E-state index in [-0.39, 0.29) is 5.91 Å². The smallest absolute Gasteiger partial charge is 0.263 e. The van der Waals surface area contributed by atoms with Gasteiger partial charge in [-0.25, -0.2) is 0 Å². The summed E-state index contributed by atoms with van der Waals surface area (Å²) in [6, 6.07) is 15.1. The fraction of sp³-hybridized carbons (Fsp3) is 0.350. The van der Waals surface area contributed by atoms with E-state index in [0.717, 1.165) is 24.5 Å². The summed E-state index contributed by atoms with van der Waals surface area (Å²) in [5.74, 6) is 1.36. The van der Waals surface area contributed by atoms with Crippen molar-refractivity contribution in [1.29, 1.82) is 0 Å². The number of para-hydroxylation sites is 3. The molecular weight excluding hydrogens is 352 g/mol.